The summed E-state index contributed by atoms with van der Waals surface area (Å²) in [6, 6.07) is 5.47. The number of nitrogens with one attached hydrogen (secondary N) is 2. The number of nitrogens with zero attached hydrogens (tertiary/aromatic N) is 4. The lowest BCUT2D eigenvalue weighted by Crippen LogP contribution is -2.36. The number of carbonyl (C=O) groups is 1. The van der Waals surface area contributed by atoms with E-state index in [1.165, 1.54) is 0 Å². The molecule has 0 atom stereocenters. The number of fused-ring (bicyclic) bond motifs is 1. The van der Waals surface area contributed by atoms with Gasteiger partial charge in [0.25, 0.3) is 5.56 Å². The van der Waals surface area contributed by atoms with Gasteiger partial charge >= 0.3 is 0 Å². The van der Waals surface area contributed by atoms with Crippen molar-refractivity contribution in [3.63, 3.8) is 0 Å². The van der Waals surface area contributed by atoms with E-state index in [1.807, 2.05) is 39.0 Å². The number of carbonyl (C=O) groups excluding carboxylic acids is 1. The molecule has 2 N–H and O–H groups in total. The number of rotatable bonds is 4. The molecule has 1 amide bonds. The van der Waals surface area contributed by atoms with Crippen LogP contribution >= 0.6 is 0 Å². The zero-order valence-corrected chi connectivity index (χ0v) is 18.0. The SMILES string of the molecule is CC(C)(C)C(=O)Nc1ccncc1CN1CCc2nc(-c3ccncc3)[nH]c(=O)c2C1. The minimum atomic E-state index is -0.490. The van der Waals surface area contributed by atoms with Crippen LogP contribution in [-0.2, 0) is 24.3 Å². The zero-order valence-electron chi connectivity index (χ0n) is 18.0. The molecule has 4 heterocycles. The van der Waals surface area contributed by atoms with Crippen molar-refractivity contribution in [1.29, 1.82) is 0 Å². The third kappa shape index (κ3) is 4.69. The second kappa shape index (κ2) is 8.39. The van der Waals surface area contributed by atoms with Crippen LogP contribution in [0.2, 0.25) is 0 Å². The Morgan fingerprint density at radius 3 is 2.65 bits per heavy atom. The van der Waals surface area contributed by atoms with Crippen molar-refractivity contribution in [2.45, 2.75) is 40.3 Å². The molecule has 0 unspecified atom stereocenters. The fourth-order valence-electron chi connectivity index (χ4n) is 3.49. The molecule has 8 nitrogen and oxygen atoms in total. The van der Waals surface area contributed by atoms with Crippen molar-refractivity contribution < 1.29 is 4.79 Å². The van der Waals surface area contributed by atoms with Gasteiger partial charge in [-0.2, -0.15) is 0 Å². The average molecular weight is 419 g/mol. The van der Waals surface area contributed by atoms with Gasteiger partial charge in [-0.3, -0.25) is 24.5 Å². The summed E-state index contributed by atoms with van der Waals surface area (Å²) in [5.74, 6) is 0.521. The van der Waals surface area contributed by atoms with Crippen LogP contribution in [0, 0.1) is 5.41 Å². The minimum Gasteiger partial charge on any atom is -0.325 e. The van der Waals surface area contributed by atoms with Crippen molar-refractivity contribution in [3.8, 4) is 11.4 Å². The summed E-state index contributed by atoms with van der Waals surface area (Å²) in [7, 11) is 0. The second-order valence-electron chi connectivity index (χ2n) is 8.77. The van der Waals surface area contributed by atoms with Crippen LogP contribution in [0.1, 0.15) is 37.6 Å². The minimum absolute atomic E-state index is 0.0479. The van der Waals surface area contributed by atoms with E-state index in [4.69, 9.17) is 4.98 Å². The Bertz CT molecular complexity index is 1150. The molecular weight excluding hydrogens is 392 g/mol. The molecule has 160 valence electrons. The lowest BCUT2D eigenvalue weighted by Gasteiger charge is -2.28. The first kappa shape index (κ1) is 20.9. The van der Waals surface area contributed by atoms with Crippen LogP contribution in [0.3, 0.4) is 0 Å². The summed E-state index contributed by atoms with van der Waals surface area (Å²) in [6.45, 7) is 7.48. The van der Waals surface area contributed by atoms with E-state index in [9.17, 15) is 9.59 Å². The monoisotopic (exact) mass is 418 g/mol. The van der Waals surface area contributed by atoms with Gasteiger partial charge in [-0.15, -0.1) is 0 Å². The van der Waals surface area contributed by atoms with Gasteiger partial charge in [-0.1, -0.05) is 20.8 Å². The highest BCUT2D eigenvalue weighted by Crippen LogP contribution is 2.24. The Hall–Kier alpha value is -3.39. The van der Waals surface area contributed by atoms with E-state index in [2.05, 4.69) is 25.2 Å². The van der Waals surface area contributed by atoms with Gasteiger partial charge in [-0.05, 0) is 18.2 Å². The normalized spacial score (nSPS) is 14.2. The highest BCUT2D eigenvalue weighted by Gasteiger charge is 2.24. The quantitative estimate of drug-likeness (QED) is 0.675. The van der Waals surface area contributed by atoms with Crippen LogP contribution in [0.15, 0.2) is 47.8 Å². The third-order valence-electron chi connectivity index (χ3n) is 5.33. The Balaban J connectivity index is 1.53. The molecule has 0 bridgehead atoms. The molecular formula is C23H26N6O2. The summed E-state index contributed by atoms with van der Waals surface area (Å²) in [6.07, 6.45) is 7.48. The van der Waals surface area contributed by atoms with E-state index in [0.29, 0.717) is 30.9 Å². The maximum Gasteiger partial charge on any atom is 0.255 e. The van der Waals surface area contributed by atoms with Gasteiger partial charge in [0.2, 0.25) is 5.91 Å². The predicted molar refractivity (Wildman–Crippen MR) is 118 cm³/mol. The van der Waals surface area contributed by atoms with Gasteiger partial charge in [-0.25, -0.2) is 4.98 Å². The van der Waals surface area contributed by atoms with E-state index < -0.39 is 5.41 Å². The van der Waals surface area contributed by atoms with Crippen molar-refractivity contribution in [2.75, 3.05) is 11.9 Å². The number of pyridine rings is 2. The predicted octanol–water partition coefficient (Wildman–Crippen LogP) is 2.77. The maximum atomic E-state index is 12.8. The van der Waals surface area contributed by atoms with Crippen LogP contribution in [0.4, 0.5) is 5.69 Å². The highest BCUT2D eigenvalue weighted by molar-refractivity contribution is 5.95. The summed E-state index contributed by atoms with van der Waals surface area (Å²) in [5.41, 5.74) is 3.42. The molecule has 3 aromatic rings. The van der Waals surface area contributed by atoms with Crippen molar-refractivity contribution >= 4 is 11.6 Å². The van der Waals surface area contributed by atoms with Crippen molar-refractivity contribution in [1.82, 2.24) is 24.8 Å². The molecule has 0 saturated carbocycles. The number of aromatic amines is 1. The molecule has 1 aliphatic rings. The van der Waals surface area contributed by atoms with Crippen LogP contribution in [0.25, 0.3) is 11.4 Å². The number of aromatic nitrogens is 4. The number of anilines is 1. The molecule has 31 heavy (non-hydrogen) atoms. The van der Waals surface area contributed by atoms with Crippen LogP contribution in [0.5, 0.6) is 0 Å². The fourth-order valence-corrected chi connectivity index (χ4v) is 3.49. The van der Waals surface area contributed by atoms with E-state index >= 15 is 0 Å². The van der Waals surface area contributed by atoms with Gasteiger partial charge in [0.15, 0.2) is 0 Å². The zero-order chi connectivity index (χ0) is 22.0. The number of H-pyrrole nitrogens is 1. The highest BCUT2D eigenvalue weighted by atomic mass is 16.2. The lowest BCUT2D eigenvalue weighted by molar-refractivity contribution is -0.123. The average Bonchev–Trinajstić information content (AvgIpc) is 2.75. The fraction of sp³-hybridized carbons (Fsp3) is 0.348. The van der Waals surface area contributed by atoms with Gasteiger partial charge < -0.3 is 10.3 Å². The standard InChI is InChI=1S/C23H26N6O2/c1-23(2,3)22(31)27-18-6-10-25-12-16(18)13-29-11-7-19-17(14-29)21(30)28-20(26-19)15-4-8-24-9-5-15/h4-6,8-10,12H,7,11,13-14H2,1-3H3,(H,25,27,31)(H,26,28,30). The lowest BCUT2D eigenvalue weighted by atomic mass is 9.95. The Kier molecular flexibility index (Phi) is 5.65. The van der Waals surface area contributed by atoms with Crippen molar-refractivity contribution in [2.24, 2.45) is 5.41 Å². The summed E-state index contributed by atoms with van der Waals surface area (Å²) >= 11 is 0. The van der Waals surface area contributed by atoms with Gasteiger partial charge in [0.05, 0.1) is 11.3 Å². The largest absolute Gasteiger partial charge is 0.325 e. The molecule has 0 aliphatic carbocycles. The van der Waals surface area contributed by atoms with Crippen LogP contribution < -0.4 is 10.9 Å². The third-order valence-corrected chi connectivity index (χ3v) is 5.33. The molecule has 0 spiro atoms. The summed E-state index contributed by atoms with van der Waals surface area (Å²) < 4.78 is 0. The first-order chi connectivity index (χ1) is 14.8. The molecule has 3 aromatic heterocycles. The summed E-state index contributed by atoms with van der Waals surface area (Å²) in [4.78, 5) is 43.2. The van der Waals surface area contributed by atoms with E-state index in [-0.39, 0.29) is 11.5 Å². The number of hydrogen-bond acceptors (Lipinski definition) is 6. The first-order valence-corrected chi connectivity index (χ1v) is 10.3. The summed E-state index contributed by atoms with van der Waals surface area (Å²) in [5, 5.41) is 3.01. The van der Waals surface area contributed by atoms with Gasteiger partial charge in [0, 0.05) is 73.1 Å². The number of amides is 1. The van der Waals surface area contributed by atoms with E-state index in [0.717, 1.165) is 29.1 Å². The molecule has 0 saturated heterocycles. The van der Waals surface area contributed by atoms with Gasteiger partial charge in [0.1, 0.15) is 5.82 Å². The smallest absolute Gasteiger partial charge is 0.255 e. The molecule has 0 aromatic carbocycles. The molecule has 1 aliphatic heterocycles. The topological polar surface area (TPSA) is 104 Å². The Morgan fingerprint density at radius 1 is 1.16 bits per heavy atom. The molecule has 8 heteroatoms. The van der Waals surface area contributed by atoms with Crippen molar-refractivity contribution in [3.05, 3.63) is 70.2 Å². The number of hydrogen-bond donors (Lipinski definition) is 2. The second-order valence-corrected chi connectivity index (χ2v) is 8.77. The van der Waals surface area contributed by atoms with Crippen LogP contribution in [-0.4, -0.2) is 37.3 Å². The first-order valence-electron chi connectivity index (χ1n) is 10.3. The Morgan fingerprint density at radius 2 is 1.90 bits per heavy atom. The molecule has 0 fully saturated rings. The van der Waals surface area contributed by atoms with E-state index in [1.54, 1.807) is 24.8 Å². The maximum absolute atomic E-state index is 12.8. The molecule has 4 rings (SSSR count). The Labute approximate surface area is 180 Å². The molecule has 0 radical (unpaired) electrons.